The average molecular weight is 271 g/mol. The van der Waals surface area contributed by atoms with Gasteiger partial charge in [-0.25, -0.2) is 0 Å². The highest BCUT2D eigenvalue weighted by Crippen LogP contribution is 2.25. The van der Waals surface area contributed by atoms with Gasteiger partial charge in [-0.15, -0.1) is 0 Å². The number of benzene rings is 1. The van der Waals surface area contributed by atoms with E-state index in [1.54, 1.807) is 0 Å². The lowest BCUT2D eigenvalue weighted by molar-refractivity contribution is 0.368. The van der Waals surface area contributed by atoms with E-state index in [4.69, 9.17) is 8.94 Å². The molecule has 1 unspecified atom stereocenters. The Balaban J connectivity index is 1.79. The molecule has 0 aliphatic heterocycles. The fourth-order valence-electron chi connectivity index (χ4n) is 2.03. The standard InChI is InChI=1S/C15H17N3O2/c1-10(16-2)7-8-14-17-15(18-20-14)13-9-11-5-3-4-6-12(11)19-13/h3-6,9-10,16H,7-8H2,1-2H3. The van der Waals surface area contributed by atoms with Gasteiger partial charge in [-0.3, -0.25) is 0 Å². The molecule has 2 heterocycles. The minimum Gasteiger partial charge on any atom is -0.453 e. The first-order chi connectivity index (χ1) is 9.76. The van der Waals surface area contributed by atoms with Crippen molar-refractivity contribution in [2.45, 2.75) is 25.8 Å². The molecule has 1 N–H and O–H groups in total. The fraction of sp³-hybridized carbons (Fsp3) is 0.333. The summed E-state index contributed by atoms with van der Waals surface area (Å²) in [7, 11) is 1.94. The van der Waals surface area contributed by atoms with Crippen molar-refractivity contribution in [1.29, 1.82) is 0 Å². The van der Waals surface area contributed by atoms with Crippen molar-refractivity contribution in [3.63, 3.8) is 0 Å². The van der Waals surface area contributed by atoms with Gasteiger partial charge in [0, 0.05) is 17.8 Å². The van der Waals surface area contributed by atoms with Gasteiger partial charge in [-0.2, -0.15) is 4.98 Å². The van der Waals surface area contributed by atoms with Crippen LogP contribution in [0.4, 0.5) is 0 Å². The molecule has 3 rings (SSSR count). The molecule has 5 nitrogen and oxygen atoms in total. The van der Waals surface area contributed by atoms with Gasteiger partial charge in [0.15, 0.2) is 5.76 Å². The van der Waals surface area contributed by atoms with E-state index in [1.165, 1.54) is 0 Å². The van der Waals surface area contributed by atoms with Gasteiger partial charge >= 0.3 is 0 Å². The highest BCUT2D eigenvalue weighted by molar-refractivity contribution is 5.81. The number of hydrogen-bond acceptors (Lipinski definition) is 5. The number of furan rings is 1. The Kier molecular flexibility index (Phi) is 3.52. The second-order valence-corrected chi connectivity index (χ2v) is 4.89. The number of nitrogens with one attached hydrogen (secondary N) is 1. The number of nitrogens with zero attached hydrogens (tertiary/aromatic N) is 2. The van der Waals surface area contributed by atoms with Crippen molar-refractivity contribution in [3.05, 3.63) is 36.2 Å². The number of rotatable bonds is 5. The van der Waals surface area contributed by atoms with Gasteiger partial charge in [0.2, 0.25) is 11.7 Å². The summed E-state index contributed by atoms with van der Waals surface area (Å²) in [5.74, 6) is 1.79. The molecule has 104 valence electrons. The zero-order valence-electron chi connectivity index (χ0n) is 11.6. The predicted octanol–water partition coefficient (Wildman–Crippen LogP) is 3.02. The van der Waals surface area contributed by atoms with Crippen LogP contribution in [0.3, 0.4) is 0 Å². The van der Waals surface area contributed by atoms with Crippen LogP contribution in [-0.2, 0) is 6.42 Å². The molecular formula is C15H17N3O2. The lowest BCUT2D eigenvalue weighted by atomic mass is 10.2. The van der Waals surface area contributed by atoms with E-state index in [0.29, 0.717) is 23.5 Å². The van der Waals surface area contributed by atoms with Crippen LogP contribution in [0.1, 0.15) is 19.2 Å². The summed E-state index contributed by atoms with van der Waals surface area (Å²) in [6.07, 6.45) is 1.72. The average Bonchev–Trinajstić information content (AvgIpc) is 3.10. The van der Waals surface area contributed by atoms with E-state index < -0.39 is 0 Å². The lowest BCUT2D eigenvalue weighted by Crippen LogP contribution is -2.21. The van der Waals surface area contributed by atoms with Crippen LogP contribution in [0.2, 0.25) is 0 Å². The zero-order valence-corrected chi connectivity index (χ0v) is 11.6. The number of fused-ring (bicyclic) bond motifs is 1. The van der Waals surface area contributed by atoms with Crippen LogP contribution in [0.25, 0.3) is 22.6 Å². The maximum absolute atomic E-state index is 5.72. The highest BCUT2D eigenvalue weighted by Gasteiger charge is 2.13. The molecule has 1 atom stereocenters. The Bertz CT molecular complexity index is 669. The molecule has 0 bridgehead atoms. The summed E-state index contributed by atoms with van der Waals surface area (Å²) < 4.78 is 11.0. The topological polar surface area (TPSA) is 64.1 Å². The van der Waals surface area contributed by atoms with Gasteiger partial charge in [-0.1, -0.05) is 23.4 Å². The molecule has 0 fully saturated rings. The molecule has 0 aliphatic rings. The molecule has 0 amide bonds. The second-order valence-electron chi connectivity index (χ2n) is 4.89. The first-order valence-electron chi connectivity index (χ1n) is 6.75. The minimum atomic E-state index is 0.427. The summed E-state index contributed by atoms with van der Waals surface area (Å²) in [6.45, 7) is 2.12. The first-order valence-corrected chi connectivity index (χ1v) is 6.75. The Hall–Kier alpha value is -2.14. The molecule has 0 radical (unpaired) electrons. The molecule has 5 heteroatoms. The van der Waals surface area contributed by atoms with Crippen LogP contribution < -0.4 is 5.32 Å². The van der Waals surface area contributed by atoms with Crippen molar-refractivity contribution in [2.24, 2.45) is 0 Å². The van der Waals surface area contributed by atoms with Gasteiger partial charge in [0.25, 0.3) is 0 Å². The summed E-state index contributed by atoms with van der Waals surface area (Å²) in [6, 6.07) is 10.2. The lowest BCUT2D eigenvalue weighted by Gasteiger charge is -2.06. The van der Waals surface area contributed by atoms with Crippen molar-refractivity contribution >= 4 is 11.0 Å². The maximum Gasteiger partial charge on any atom is 0.238 e. The van der Waals surface area contributed by atoms with E-state index in [0.717, 1.165) is 23.8 Å². The van der Waals surface area contributed by atoms with Crippen LogP contribution in [0.5, 0.6) is 0 Å². The number of hydrogen-bond donors (Lipinski definition) is 1. The van der Waals surface area contributed by atoms with Gasteiger partial charge in [0.05, 0.1) is 0 Å². The van der Waals surface area contributed by atoms with Crippen LogP contribution in [-0.4, -0.2) is 23.2 Å². The van der Waals surface area contributed by atoms with Crippen LogP contribution in [0, 0.1) is 0 Å². The van der Waals surface area contributed by atoms with E-state index >= 15 is 0 Å². The van der Waals surface area contributed by atoms with Crippen LogP contribution >= 0.6 is 0 Å². The van der Waals surface area contributed by atoms with Gasteiger partial charge in [0.1, 0.15) is 5.58 Å². The molecule has 0 spiro atoms. The monoisotopic (exact) mass is 271 g/mol. The minimum absolute atomic E-state index is 0.427. The van der Waals surface area contributed by atoms with E-state index in [2.05, 4.69) is 22.4 Å². The molecule has 1 aromatic carbocycles. The molecule has 0 saturated carbocycles. The fourth-order valence-corrected chi connectivity index (χ4v) is 2.03. The van der Waals surface area contributed by atoms with Crippen molar-refractivity contribution in [1.82, 2.24) is 15.5 Å². The largest absolute Gasteiger partial charge is 0.453 e. The third-order valence-corrected chi connectivity index (χ3v) is 3.40. The third-order valence-electron chi connectivity index (χ3n) is 3.40. The molecule has 3 aromatic rings. The van der Waals surface area contributed by atoms with Crippen molar-refractivity contribution in [2.75, 3.05) is 7.05 Å². The Morgan fingerprint density at radius 3 is 2.95 bits per heavy atom. The highest BCUT2D eigenvalue weighted by atomic mass is 16.5. The first kappa shape index (κ1) is 12.9. The van der Waals surface area contributed by atoms with Gasteiger partial charge < -0.3 is 14.3 Å². The quantitative estimate of drug-likeness (QED) is 0.772. The van der Waals surface area contributed by atoms with E-state index in [1.807, 2.05) is 37.4 Å². The SMILES string of the molecule is CNC(C)CCc1nc(-c2cc3ccccc3o2)no1. The number of aromatic nitrogens is 2. The number of para-hydroxylation sites is 1. The van der Waals surface area contributed by atoms with Gasteiger partial charge in [-0.05, 0) is 32.5 Å². The normalized spacial score (nSPS) is 12.9. The Labute approximate surface area is 117 Å². The van der Waals surface area contributed by atoms with Crippen molar-refractivity contribution < 1.29 is 8.94 Å². The summed E-state index contributed by atoms with van der Waals surface area (Å²) >= 11 is 0. The predicted molar refractivity (Wildman–Crippen MR) is 76.3 cm³/mol. The molecule has 20 heavy (non-hydrogen) atoms. The summed E-state index contributed by atoms with van der Waals surface area (Å²) in [5.41, 5.74) is 0.831. The number of aryl methyl sites for hydroxylation is 1. The molecule has 0 aliphatic carbocycles. The van der Waals surface area contributed by atoms with Crippen LogP contribution in [0.15, 0.2) is 39.3 Å². The maximum atomic E-state index is 5.72. The smallest absolute Gasteiger partial charge is 0.238 e. The van der Waals surface area contributed by atoms with E-state index in [-0.39, 0.29) is 0 Å². The zero-order chi connectivity index (χ0) is 13.9. The Morgan fingerprint density at radius 2 is 2.15 bits per heavy atom. The summed E-state index contributed by atoms with van der Waals surface area (Å²) in [4.78, 5) is 4.38. The molecule has 2 aromatic heterocycles. The summed E-state index contributed by atoms with van der Waals surface area (Å²) in [5, 5.41) is 8.21. The molecule has 0 saturated heterocycles. The van der Waals surface area contributed by atoms with Crippen molar-refractivity contribution in [3.8, 4) is 11.6 Å². The third kappa shape index (κ3) is 2.58. The molecular weight excluding hydrogens is 254 g/mol. The second kappa shape index (κ2) is 5.46. The Morgan fingerprint density at radius 1 is 1.30 bits per heavy atom. The van der Waals surface area contributed by atoms with E-state index in [9.17, 15) is 0 Å².